The quantitative estimate of drug-likeness (QED) is 0.676. The monoisotopic (exact) mass is 431 g/mol. The maximum atomic E-state index is 13.3. The third kappa shape index (κ3) is 5.05. The number of benzene rings is 2. The molecule has 1 aliphatic rings. The summed E-state index contributed by atoms with van der Waals surface area (Å²) in [5, 5.41) is 11.2. The Kier molecular flexibility index (Phi) is 5.69. The fourth-order valence-corrected chi connectivity index (χ4v) is 3.07. The van der Waals surface area contributed by atoms with Crippen molar-refractivity contribution in [3.8, 4) is 11.5 Å². The Hall–Kier alpha value is -3.17. The lowest BCUT2D eigenvalue weighted by molar-refractivity contribution is -0.302. The van der Waals surface area contributed by atoms with E-state index in [4.69, 9.17) is 4.74 Å². The Balaban J connectivity index is 2.06. The largest absolute Gasteiger partial charge is 0.573 e. The van der Waals surface area contributed by atoms with E-state index >= 15 is 0 Å². The van der Waals surface area contributed by atoms with Gasteiger partial charge in [-0.25, -0.2) is 0 Å². The molecular formula is C20H13F6O4-. The predicted molar refractivity (Wildman–Crippen MR) is 90.4 cm³/mol. The molecule has 2 aromatic carbocycles. The van der Waals surface area contributed by atoms with Gasteiger partial charge in [-0.15, -0.1) is 13.2 Å². The van der Waals surface area contributed by atoms with Gasteiger partial charge in [0.25, 0.3) is 0 Å². The molecule has 1 aliphatic heterocycles. The third-order valence-corrected chi connectivity index (χ3v) is 4.29. The molecule has 0 aromatic heterocycles. The second-order valence-corrected chi connectivity index (χ2v) is 6.46. The van der Waals surface area contributed by atoms with Crippen molar-refractivity contribution >= 4 is 12.0 Å². The van der Waals surface area contributed by atoms with Gasteiger partial charge in [-0.1, -0.05) is 30.3 Å². The van der Waals surface area contributed by atoms with Crippen molar-refractivity contribution in [3.63, 3.8) is 0 Å². The zero-order chi connectivity index (χ0) is 22.1. The molecule has 10 heteroatoms. The average molecular weight is 431 g/mol. The number of carbonyl (C=O) groups is 1. The van der Waals surface area contributed by atoms with E-state index in [1.165, 1.54) is 0 Å². The number of carbonyl (C=O) groups excluding carboxylic acids is 1. The summed E-state index contributed by atoms with van der Waals surface area (Å²) in [5.41, 5.74) is -0.714. The molecule has 30 heavy (non-hydrogen) atoms. The highest BCUT2D eigenvalue weighted by Gasteiger charge is 2.47. The number of carboxylic acid groups (broad SMARTS) is 1. The topological polar surface area (TPSA) is 58.6 Å². The van der Waals surface area contributed by atoms with Crippen LogP contribution < -0.4 is 14.6 Å². The number of aryl methyl sites for hydroxylation is 2. The van der Waals surface area contributed by atoms with Crippen LogP contribution in [0.1, 0.15) is 16.7 Å². The maximum absolute atomic E-state index is 13.3. The fourth-order valence-electron chi connectivity index (χ4n) is 3.07. The zero-order valence-corrected chi connectivity index (χ0v) is 15.0. The highest BCUT2D eigenvalue weighted by atomic mass is 19.4. The third-order valence-electron chi connectivity index (χ3n) is 4.29. The Labute approximate surface area is 166 Å². The summed E-state index contributed by atoms with van der Waals surface area (Å²) in [6.07, 6.45) is -12.0. The fraction of sp³-hybridized carbons (Fsp3) is 0.250. The number of alkyl halides is 6. The normalized spacial score (nSPS) is 16.3. The first kappa shape index (κ1) is 21.5. The molecule has 0 amide bonds. The molecule has 0 bridgehead atoms. The molecule has 0 N–H and O–H groups in total. The van der Waals surface area contributed by atoms with Crippen LogP contribution in [0.15, 0.2) is 48.0 Å². The first-order valence-electron chi connectivity index (χ1n) is 8.57. The van der Waals surface area contributed by atoms with Crippen LogP contribution in [0.3, 0.4) is 0 Å². The minimum Gasteiger partial charge on any atom is -0.545 e. The van der Waals surface area contributed by atoms with Gasteiger partial charge < -0.3 is 19.4 Å². The number of hydrogen-bond donors (Lipinski definition) is 0. The van der Waals surface area contributed by atoms with E-state index in [2.05, 4.69) is 4.74 Å². The van der Waals surface area contributed by atoms with Crippen molar-refractivity contribution in [3.05, 3.63) is 64.7 Å². The van der Waals surface area contributed by atoms with E-state index in [-0.39, 0.29) is 23.3 Å². The first-order valence-corrected chi connectivity index (χ1v) is 8.57. The van der Waals surface area contributed by atoms with Crippen LogP contribution in [0.4, 0.5) is 26.3 Å². The number of halogens is 6. The maximum Gasteiger partial charge on any atom is 0.573 e. The molecule has 3 rings (SSSR count). The second kappa shape index (κ2) is 7.92. The van der Waals surface area contributed by atoms with Gasteiger partial charge in [-0.05, 0) is 42.2 Å². The molecule has 4 nitrogen and oxygen atoms in total. The Morgan fingerprint density at radius 2 is 1.70 bits per heavy atom. The highest BCUT2D eigenvalue weighted by molar-refractivity contribution is 5.94. The number of hydrogen-bond acceptors (Lipinski definition) is 4. The molecule has 0 radical (unpaired) electrons. The van der Waals surface area contributed by atoms with Crippen molar-refractivity contribution in [2.24, 2.45) is 0 Å². The summed E-state index contributed by atoms with van der Waals surface area (Å²) in [5.74, 6) is -3.20. The standard InChI is InChI=1S/C20H14F6O4/c21-19(22,23)17-15(18(27)28)10-13-9-14(30-20(24,25)26)8-12(16(13)29-17)7-6-11-4-2-1-3-5-11/h1-5,8-10,17H,6-7H2,(H,27,28)/p-1. The van der Waals surface area contributed by atoms with Crippen LogP contribution in [0.5, 0.6) is 11.5 Å². The number of carboxylic acids is 1. The summed E-state index contributed by atoms with van der Waals surface area (Å²) in [7, 11) is 0. The lowest BCUT2D eigenvalue weighted by atomic mass is 9.95. The van der Waals surface area contributed by atoms with Crippen LogP contribution in [0, 0.1) is 0 Å². The SMILES string of the molecule is O=C([O-])C1=Cc2cc(OC(F)(F)F)cc(CCc3ccccc3)c2OC1C(F)(F)F. The molecule has 0 aliphatic carbocycles. The summed E-state index contributed by atoms with van der Waals surface area (Å²) in [6.45, 7) is 0. The number of fused-ring (bicyclic) bond motifs is 1. The molecule has 160 valence electrons. The van der Waals surface area contributed by atoms with Gasteiger partial charge in [-0.3, -0.25) is 0 Å². The van der Waals surface area contributed by atoms with E-state index in [1.807, 2.05) is 0 Å². The number of rotatable bonds is 5. The molecule has 1 unspecified atom stereocenters. The van der Waals surface area contributed by atoms with Crippen molar-refractivity contribution in [2.75, 3.05) is 0 Å². The van der Waals surface area contributed by atoms with Crippen LogP contribution in [-0.2, 0) is 17.6 Å². The Morgan fingerprint density at radius 1 is 1.03 bits per heavy atom. The molecule has 1 atom stereocenters. The van der Waals surface area contributed by atoms with E-state index < -0.39 is 35.9 Å². The zero-order valence-electron chi connectivity index (χ0n) is 15.0. The van der Waals surface area contributed by atoms with Crippen molar-refractivity contribution in [1.82, 2.24) is 0 Å². The minimum atomic E-state index is -5.07. The average Bonchev–Trinajstić information content (AvgIpc) is 2.63. The van der Waals surface area contributed by atoms with Gasteiger partial charge in [0, 0.05) is 11.1 Å². The molecule has 0 saturated carbocycles. The van der Waals surface area contributed by atoms with E-state index in [0.717, 1.165) is 17.7 Å². The first-order chi connectivity index (χ1) is 13.9. The molecule has 0 spiro atoms. The van der Waals surface area contributed by atoms with Crippen LogP contribution in [-0.4, -0.2) is 24.6 Å². The Bertz CT molecular complexity index is 964. The molecular weight excluding hydrogens is 418 g/mol. The molecule has 0 saturated heterocycles. The molecule has 1 heterocycles. The number of ether oxygens (including phenoxy) is 2. The minimum absolute atomic E-state index is 0.0125. The van der Waals surface area contributed by atoms with Crippen LogP contribution in [0.2, 0.25) is 0 Å². The van der Waals surface area contributed by atoms with Crippen molar-refractivity contribution < 1.29 is 45.7 Å². The number of aliphatic carboxylic acids is 1. The van der Waals surface area contributed by atoms with Gasteiger partial charge in [0.05, 0.1) is 5.97 Å². The smallest absolute Gasteiger partial charge is 0.545 e. The summed E-state index contributed by atoms with van der Waals surface area (Å²) < 4.78 is 86.7. The lowest BCUT2D eigenvalue weighted by Gasteiger charge is -2.31. The van der Waals surface area contributed by atoms with E-state index in [1.54, 1.807) is 30.3 Å². The van der Waals surface area contributed by atoms with Crippen LogP contribution >= 0.6 is 0 Å². The predicted octanol–water partition coefficient (Wildman–Crippen LogP) is 3.83. The highest BCUT2D eigenvalue weighted by Crippen LogP contribution is 2.42. The van der Waals surface area contributed by atoms with Crippen LogP contribution in [0.25, 0.3) is 6.08 Å². The molecule has 2 aromatic rings. The Morgan fingerprint density at radius 3 is 2.27 bits per heavy atom. The lowest BCUT2D eigenvalue weighted by Crippen LogP contribution is -2.44. The van der Waals surface area contributed by atoms with Crippen molar-refractivity contribution in [1.29, 1.82) is 0 Å². The van der Waals surface area contributed by atoms with Gasteiger partial charge in [0.1, 0.15) is 11.5 Å². The summed E-state index contributed by atoms with van der Waals surface area (Å²) >= 11 is 0. The van der Waals surface area contributed by atoms with Gasteiger partial charge in [0.2, 0.25) is 6.10 Å². The van der Waals surface area contributed by atoms with E-state index in [0.29, 0.717) is 12.5 Å². The van der Waals surface area contributed by atoms with Gasteiger partial charge in [-0.2, -0.15) is 13.2 Å². The van der Waals surface area contributed by atoms with Gasteiger partial charge in [0.15, 0.2) is 0 Å². The molecule has 0 fully saturated rings. The van der Waals surface area contributed by atoms with Crippen molar-refractivity contribution in [2.45, 2.75) is 31.5 Å². The summed E-state index contributed by atoms with van der Waals surface area (Å²) in [4.78, 5) is 11.2. The van der Waals surface area contributed by atoms with Gasteiger partial charge >= 0.3 is 12.5 Å². The second-order valence-electron chi connectivity index (χ2n) is 6.46. The van der Waals surface area contributed by atoms with E-state index in [9.17, 15) is 36.2 Å². The summed E-state index contributed by atoms with van der Waals surface area (Å²) in [6, 6.07) is 10.4.